The molecule has 1 N–H and O–H groups in total. The first-order valence-electron chi connectivity index (χ1n) is 4.46. The Morgan fingerprint density at radius 3 is 3.20 bits per heavy atom. The minimum absolute atomic E-state index is 0.344. The minimum Gasteiger partial charge on any atom is -0.450 e. The van der Waals surface area contributed by atoms with E-state index in [1.54, 1.807) is 13.0 Å². The number of benzene rings is 1. The van der Waals surface area contributed by atoms with Crippen LogP contribution in [0.1, 0.15) is 6.92 Å². The van der Waals surface area contributed by atoms with Crippen molar-refractivity contribution in [3.63, 3.8) is 0 Å². The second kappa shape index (κ2) is 4.22. The number of fused-ring (bicyclic) bond motifs is 1. The van der Waals surface area contributed by atoms with Gasteiger partial charge in [-0.15, -0.1) is 0 Å². The molecular formula is C9H9N3O2S. The topological polar surface area (TPSA) is 64.1 Å². The Hall–Kier alpha value is -1.69. The summed E-state index contributed by atoms with van der Waals surface area (Å²) in [5, 5.41) is 2.61. The number of nitrogens with zero attached hydrogens (tertiary/aromatic N) is 2. The molecule has 15 heavy (non-hydrogen) atoms. The van der Waals surface area contributed by atoms with Crippen LogP contribution in [0, 0.1) is 0 Å². The zero-order valence-electron chi connectivity index (χ0n) is 8.06. The molecule has 0 saturated carbocycles. The van der Waals surface area contributed by atoms with Gasteiger partial charge in [-0.2, -0.15) is 8.75 Å². The molecule has 0 unspecified atom stereocenters. The molecule has 0 saturated heterocycles. The smallest absolute Gasteiger partial charge is 0.411 e. The third kappa shape index (κ3) is 2.04. The number of amides is 1. The quantitative estimate of drug-likeness (QED) is 0.848. The molecule has 0 radical (unpaired) electrons. The van der Waals surface area contributed by atoms with Crippen molar-refractivity contribution in [3.8, 4) is 0 Å². The van der Waals surface area contributed by atoms with Crippen molar-refractivity contribution in [1.29, 1.82) is 0 Å². The molecule has 78 valence electrons. The molecule has 2 aromatic rings. The van der Waals surface area contributed by atoms with Crippen LogP contribution >= 0.6 is 11.7 Å². The maximum Gasteiger partial charge on any atom is 0.411 e. The molecule has 0 bridgehead atoms. The van der Waals surface area contributed by atoms with Gasteiger partial charge in [0, 0.05) is 0 Å². The van der Waals surface area contributed by atoms with Crippen LogP contribution in [0.3, 0.4) is 0 Å². The van der Waals surface area contributed by atoms with Crippen LogP contribution in [-0.2, 0) is 4.74 Å². The Bertz CT molecular complexity index is 483. The van der Waals surface area contributed by atoms with Crippen LogP contribution in [-0.4, -0.2) is 21.4 Å². The number of hydrogen-bond donors (Lipinski definition) is 1. The number of anilines is 1. The van der Waals surface area contributed by atoms with E-state index in [1.807, 2.05) is 12.1 Å². The van der Waals surface area contributed by atoms with Crippen molar-refractivity contribution in [3.05, 3.63) is 18.2 Å². The van der Waals surface area contributed by atoms with Gasteiger partial charge < -0.3 is 4.74 Å². The Kier molecular flexibility index (Phi) is 2.77. The lowest BCUT2D eigenvalue weighted by atomic mass is 10.3. The van der Waals surface area contributed by atoms with Gasteiger partial charge in [0.1, 0.15) is 11.0 Å². The van der Waals surface area contributed by atoms with Gasteiger partial charge in [-0.25, -0.2) is 4.79 Å². The summed E-state index contributed by atoms with van der Waals surface area (Å²) in [6, 6.07) is 5.42. The van der Waals surface area contributed by atoms with Gasteiger partial charge in [-0.05, 0) is 19.1 Å². The number of ether oxygens (including phenoxy) is 1. The highest BCUT2D eigenvalue weighted by Crippen LogP contribution is 2.20. The van der Waals surface area contributed by atoms with Crippen LogP contribution in [0.5, 0.6) is 0 Å². The Labute approximate surface area is 90.4 Å². The van der Waals surface area contributed by atoms with E-state index in [-0.39, 0.29) is 0 Å². The number of rotatable bonds is 2. The van der Waals surface area contributed by atoms with Crippen LogP contribution in [0.15, 0.2) is 18.2 Å². The average molecular weight is 223 g/mol. The van der Waals surface area contributed by atoms with Crippen molar-refractivity contribution in [2.75, 3.05) is 11.9 Å². The Balaban J connectivity index is 2.27. The zero-order chi connectivity index (χ0) is 10.7. The fourth-order valence-corrected chi connectivity index (χ4v) is 1.73. The molecule has 5 nitrogen and oxygen atoms in total. The predicted molar refractivity (Wildman–Crippen MR) is 58.1 cm³/mol. The van der Waals surface area contributed by atoms with Crippen LogP contribution in [0.25, 0.3) is 11.0 Å². The first kappa shape index (κ1) is 9.85. The zero-order valence-corrected chi connectivity index (χ0v) is 8.87. The third-order valence-corrected chi connectivity index (χ3v) is 2.34. The number of nitrogens with one attached hydrogen (secondary N) is 1. The fourth-order valence-electron chi connectivity index (χ4n) is 1.18. The summed E-state index contributed by atoms with van der Waals surface area (Å²) in [4.78, 5) is 11.2. The summed E-state index contributed by atoms with van der Waals surface area (Å²) >= 11 is 1.12. The van der Waals surface area contributed by atoms with E-state index in [0.717, 1.165) is 17.2 Å². The largest absolute Gasteiger partial charge is 0.450 e. The summed E-state index contributed by atoms with van der Waals surface area (Å²) in [7, 11) is 0. The monoisotopic (exact) mass is 223 g/mol. The van der Waals surface area contributed by atoms with E-state index in [9.17, 15) is 4.79 Å². The number of carbonyl (C=O) groups is 1. The first-order chi connectivity index (χ1) is 7.31. The molecule has 0 fully saturated rings. The highest BCUT2D eigenvalue weighted by Gasteiger charge is 2.08. The van der Waals surface area contributed by atoms with Crippen molar-refractivity contribution in [2.24, 2.45) is 0 Å². The molecular weight excluding hydrogens is 214 g/mol. The van der Waals surface area contributed by atoms with Crippen molar-refractivity contribution >= 4 is 34.5 Å². The highest BCUT2D eigenvalue weighted by molar-refractivity contribution is 7.00. The first-order valence-corrected chi connectivity index (χ1v) is 5.19. The minimum atomic E-state index is -0.474. The van der Waals surface area contributed by atoms with Gasteiger partial charge >= 0.3 is 6.09 Å². The van der Waals surface area contributed by atoms with Crippen LogP contribution in [0.4, 0.5) is 10.5 Å². The summed E-state index contributed by atoms with van der Waals surface area (Å²) in [6.07, 6.45) is -0.474. The van der Waals surface area contributed by atoms with Gasteiger partial charge in [0.15, 0.2) is 0 Å². The van der Waals surface area contributed by atoms with E-state index in [1.165, 1.54) is 0 Å². The standard InChI is InChI=1S/C9H9N3O2S/c1-2-14-9(13)10-6-4-3-5-7-8(6)12-15-11-7/h3-5H,2H2,1H3,(H,10,13). The molecule has 1 amide bonds. The molecule has 1 heterocycles. The maximum atomic E-state index is 11.2. The maximum absolute atomic E-state index is 11.2. The third-order valence-electron chi connectivity index (χ3n) is 1.80. The molecule has 0 aliphatic rings. The van der Waals surface area contributed by atoms with E-state index < -0.39 is 6.09 Å². The van der Waals surface area contributed by atoms with Gasteiger partial charge in [0.25, 0.3) is 0 Å². The molecule has 1 aromatic carbocycles. The SMILES string of the molecule is CCOC(=O)Nc1cccc2nsnc12. The highest BCUT2D eigenvalue weighted by atomic mass is 32.1. The fraction of sp³-hybridized carbons (Fsp3) is 0.222. The van der Waals surface area contributed by atoms with Crippen molar-refractivity contribution < 1.29 is 9.53 Å². The lowest BCUT2D eigenvalue weighted by Gasteiger charge is -2.04. The Morgan fingerprint density at radius 1 is 1.53 bits per heavy atom. The van der Waals surface area contributed by atoms with Gasteiger partial charge in [-0.1, -0.05) is 6.07 Å². The lowest BCUT2D eigenvalue weighted by Crippen LogP contribution is -2.13. The summed E-state index contributed by atoms with van der Waals surface area (Å²) in [5.74, 6) is 0. The summed E-state index contributed by atoms with van der Waals surface area (Å²) < 4.78 is 12.9. The molecule has 0 aliphatic heterocycles. The molecule has 0 atom stereocenters. The van der Waals surface area contributed by atoms with Gasteiger partial charge in [0.05, 0.1) is 24.0 Å². The normalized spacial score (nSPS) is 10.2. The molecule has 0 spiro atoms. The van der Waals surface area contributed by atoms with Crippen LogP contribution < -0.4 is 5.32 Å². The number of aromatic nitrogens is 2. The summed E-state index contributed by atoms with van der Waals surface area (Å²) in [6.45, 7) is 2.10. The van der Waals surface area contributed by atoms with E-state index in [4.69, 9.17) is 4.74 Å². The second-order valence-corrected chi connectivity index (χ2v) is 3.31. The van der Waals surface area contributed by atoms with Crippen molar-refractivity contribution in [2.45, 2.75) is 6.92 Å². The lowest BCUT2D eigenvalue weighted by molar-refractivity contribution is 0.168. The molecule has 6 heteroatoms. The number of carbonyl (C=O) groups excluding carboxylic acids is 1. The second-order valence-electron chi connectivity index (χ2n) is 2.78. The molecule has 2 rings (SSSR count). The van der Waals surface area contributed by atoms with Crippen molar-refractivity contribution in [1.82, 2.24) is 8.75 Å². The van der Waals surface area contributed by atoms with E-state index >= 15 is 0 Å². The number of hydrogen-bond acceptors (Lipinski definition) is 5. The predicted octanol–water partition coefficient (Wildman–Crippen LogP) is 2.26. The van der Waals surface area contributed by atoms with E-state index in [0.29, 0.717) is 17.8 Å². The molecule has 0 aliphatic carbocycles. The average Bonchev–Trinajstić information content (AvgIpc) is 2.67. The van der Waals surface area contributed by atoms with Gasteiger partial charge in [0.2, 0.25) is 0 Å². The van der Waals surface area contributed by atoms with E-state index in [2.05, 4.69) is 14.1 Å². The summed E-state index contributed by atoms with van der Waals surface area (Å²) in [5.41, 5.74) is 2.09. The van der Waals surface area contributed by atoms with Crippen LogP contribution in [0.2, 0.25) is 0 Å². The van der Waals surface area contributed by atoms with Gasteiger partial charge in [-0.3, -0.25) is 5.32 Å². The Morgan fingerprint density at radius 2 is 2.40 bits per heavy atom. The molecule has 1 aromatic heterocycles.